The molecule has 7 aromatic rings. The first-order valence-electron chi connectivity index (χ1n) is 23.6. The minimum absolute atomic E-state index is 0.0139. The SMILES string of the molecule is CC(O)c1nn(-c2ncc(-c3cc(OCCC(O)C(=N)c4ccc(C(=O)N5CCOCC5)cc4[NH2+]c4ncc(-c5cc(C6CC6)ccc5F)cn4)ccc3F)cn2)c2cc(C(=O)N3CCOCC3)ccc12. The van der Waals surface area contributed by atoms with Gasteiger partial charge in [-0.1, -0.05) is 12.1 Å². The Kier molecular flexibility index (Phi) is 13.7. The van der Waals surface area contributed by atoms with Gasteiger partial charge in [-0.15, -0.1) is 0 Å². The Morgan fingerprint density at radius 1 is 0.775 bits per heavy atom. The lowest BCUT2D eigenvalue weighted by Gasteiger charge is -2.27. The number of halogens is 2. The zero-order valence-corrected chi connectivity index (χ0v) is 38.8. The molecular weight excluding hydrogens is 915 g/mol. The maximum atomic E-state index is 15.4. The van der Waals surface area contributed by atoms with Crippen LogP contribution in [0.3, 0.4) is 0 Å². The monoisotopic (exact) mass is 965 g/mol. The highest BCUT2D eigenvalue weighted by molar-refractivity contribution is 6.06. The van der Waals surface area contributed by atoms with E-state index in [9.17, 15) is 24.2 Å². The van der Waals surface area contributed by atoms with E-state index < -0.39 is 18.0 Å². The van der Waals surface area contributed by atoms with E-state index in [1.165, 1.54) is 41.3 Å². The summed E-state index contributed by atoms with van der Waals surface area (Å²) in [5.74, 6) is -0.168. The number of nitrogens with zero attached hydrogens (tertiary/aromatic N) is 8. The highest BCUT2D eigenvalue weighted by atomic mass is 19.1. The van der Waals surface area contributed by atoms with Crippen LogP contribution >= 0.6 is 0 Å². The summed E-state index contributed by atoms with van der Waals surface area (Å²) in [6, 6.07) is 19.3. The molecule has 3 aliphatic rings. The predicted molar refractivity (Wildman–Crippen MR) is 256 cm³/mol. The number of amides is 2. The molecule has 4 aromatic carbocycles. The molecule has 2 saturated heterocycles. The van der Waals surface area contributed by atoms with Crippen LogP contribution < -0.4 is 10.1 Å². The van der Waals surface area contributed by atoms with E-state index in [1.54, 1.807) is 70.8 Å². The van der Waals surface area contributed by atoms with Crippen LogP contribution in [-0.4, -0.2) is 133 Å². The zero-order valence-electron chi connectivity index (χ0n) is 38.8. The fourth-order valence-corrected chi connectivity index (χ4v) is 8.81. The summed E-state index contributed by atoms with van der Waals surface area (Å²) in [6.07, 6.45) is 5.87. The van der Waals surface area contributed by atoms with Crippen molar-refractivity contribution in [2.45, 2.75) is 44.3 Å². The zero-order chi connectivity index (χ0) is 49.2. The molecule has 364 valence electrons. The normalized spacial score (nSPS) is 16.0. The lowest BCUT2D eigenvalue weighted by atomic mass is 9.99. The van der Waals surface area contributed by atoms with Crippen molar-refractivity contribution in [3.63, 3.8) is 0 Å². The summed E-state index contributed by atoms with van der Waals surface area (Å²) in [5, 5.41) is 37.9. The molecule has 1 saturated carbocycles. The molecule has 17 nitrogen and oxygen atoms in total. The van der Waals surface area contributed by atoms with Crippen molar-refractivity contribution in [1.82, 2.24) is 39.5 Å². The van der Waals surface area contributed by atoms with Gasteiger partial charge < -0.3 is 39.6 Å². The Hall–Kier alpha value is -7.42. The average molecular weight is 966 g/mol. The molecule has 19 heteroatoms. The third-order valence-electron chi connectivity index (χ3n) is 12.9. The fourth-order valence-electron chi connectivity index (χ4n) is 8.81. The Balaban J connectivity index is 0.833. The van der Waals surface area contributed by atoms with Crippen LogP contribution in [-0.2, 0) is 9.47 Å². The number of carbonyl (C=O) groups is 2. The van der Waals surface area contributed by atoms with E-state index >= 15 is 4.39 Å². The molecular formula is C52H51F2N10O7+. The standard InChI is InChI=1S/C52H50F2N10O7/c1-30(65)48-39-9-5-34(50(68)63-15-20-70-21-16-63)24-45(39)64(61-48)52-58-28-36(29-59-52)41-25-37(7-11-43(41)54)71-17-12-46(66)47(55)38-8-4-33(49(67)62-13-18-69-19-14-62)23-44(38)60-51-56-26-35(27-57-51)40-22-32(31-2-3-31)6-10-42(40)53/h4-11,22-31,46,55,65-66H,2-3,12-21H2,1H3,(H,56,57,60)/p+1. The highest BCUT2D eigenvalue weighted by Crippen LogP contribution is 2.41. The van der Waals surface area contributed by atoms with Gasteiger partial charge in [0.1, 0.15) is 23.1 Å². The van der Waals surface area contributed by atoms with E-state index in [-0.39, 0.29) is 53.8 Å². The molecule has 5 N–H and O–H groups in total. The molecule has 10 rings (SSSR count). The van der Waals surface area contributed by atoms with Crippen LogP contribution in [0.25, 0.3) is 39.1 Å². The van der Waals surface area contributed by atoms with Crippen LogP contribution in [0.2, 0.25) is 0 Å². The van der Waals surface area contributed by atoms with Crippen LogP contribution in [0, 0.1) is 17.0 Å². The average Bonchev–Trinajstić information content (AvgIpc) is 4.19. The molecule has 3 aromatic heterocycles. The molecule has 1 aliphatic carbocycles. The number of nitrogens with one attached hydrogen (secondary N) is 1. The molecule has 2 amide bonds. The van der Waals surface area contributed by atoms with E-state index in [0.717, 1.165) is 18.4 Å². The third kappa shape index (κ3) is 10.3. The Bertz CT molecular complexity index is 3120. The van der Waals surface area contributed by atoms with Crippen molar-refractivity contribution < 1.29 is 48.1 Å². The first-order chi connectivity index (χ1) is 34.5. The Morgan fingerprint density at radius 3 is 2.00 bits per heavy atom. The number of aromatic nitrogens is 6. The van der Waals surface area contributed by atoms with Crippen molar-refractivity contribution in [1.29, 1.82) is 5.41 Å². The number of fused-ring (bicyclic) bond motifs is 1. The fraction of sp³-hybridized carbons (Fsp3) is 0.308. The second-order valence-electron chi connectivity index (χ2n) is 17.8. The van der Waals surface area contributed by atoms with Gasteiger partial charge in [-0.3, -0.25) is 9.59 Å². The number of benzene rings is 4. The molecule has 71 heavy (non-hydrogen) atoms. The number of rotatable bonds is 15. The van der Waals surface area contributed by atoms with Gasteiger partial charge in [0.15, 0.2) is 0 Å². The van der Waals surface area contributed by atoms with Crippen molar-refractivity contribution >= 4 is 40.1 Å². The molecule has 0 radical (unpaired) electrons. The molecule has 3 fully saturated rings. The molecule has 5 heterocycles. The summed E-state index contributed by atoms with van der Waals surface area (Å²) in [4.78, 5) is 48.4. The summed E-state index contributed by atoms with van der Waals surface area (Å²) >= 11 is 0. The predicted octanol–water partition coefficient (Wildman–Crippen LogP) is 5.82. The number of aliphatic hydroxyl groups is 2. The third-order valence-corrected chi connectivity index (χ3v) is 12.9. The number of aliphatic hydroxyl groups excluding tert-OH is 2. The lowest BCUT2D eigenvalue weighted by molar-refractivity contribution is -0.487. The van der Waals surface area contributed by atoms with Crippen LogP contribution in [0.4, 0.5) is 20.4 Å². The van der Waals surface area contributed by atoms with Gasteiger partial charge >= 0.3 is 5.95 Å². The van der Waals surface area contributed by atoms with Gasteiger partial charge in [0, 0.05) is 102 Å². The van der Waals surface area contributed by atoms with Crippen molar-refractivity contribution in [2.75, 3.05) is 59.2 Å². The van der Waals surface area contributed by atoms with Gasteiger partial charge in [-0.25, -0.2) is 24.1 Å². The molecule has 0 bridgehead atoms. The second kappa shape index (κ2) is 20.5. The van der Waals surface area contributed by atoms with Crippen molar-refractivity contribution in [3.8, 4) is 34.0 Å². The Labute approximate surface area is 406 Å². The highest BCUT2D eigenvalue weighted by Gasteiger charge is 2.28. The number of carbonyl (C=O) groups excluding carboxylic acids is 2. The molecule has 0 spiro atoms. The number of hydrogen-bond donors (Lipinski definition) is 4. The summed E-state index contributed by atoms with van der Waals surface area (Å²) in [6.45, 7) is 5.12. The number of hydrogen-bond acceptors (Lipinski definition) is 13. The number of nitrogens with two attached hydrogens (primary N) is 1. The maximum absolute atomic E-state index is 15.4. The van der Waals surface area contributed by atoms with Crippen LogP contribution in [0.5, 0.6) is 5.75 Å². The number of morpholine rings is 2. The first kappa shape index (κ1) is 47.3. The quantitative estimate of drug-likeness (QED) is 0.0707. The van der Waals surface area contributed by atoms with Crippen molar-refractivity contribution in [2.24, 2.45) is 0 Å². The van der Waals surface area contributed by atoms with Crippen LogP contribution in [0.1, 0.15) is 75.7 Å². The van der Waals surface area contributed by atoms with Gasteiger partial charge in [0.2, 0.25) is 0 Å². The lowest BCUT2D eigenvalue weighted by Crippen LogP contribution is -2.73. The summed E-state index contributed by atoms with van der Waals surface area (Å²) in [7, 11) is 0. The van der Waals surface area contributed by atoms with Crippen LogP contribution in [0.15, 0.2) is 97.6 Å². The molecule has 2 aliphatic heterocycles. The van der Waals surface area contributed by atoms with Gasteiger partial charge in [-0.05, 0) is 85.8 Å². The summed E-state index contributed by atoms with van der Waals surface area (Å²) in [5.41, 5.74) is 4.82. The second-order valence-corrected chi connectivity index (χ2v) is 17.8. The minimum atomic E-state index is -1.31. The number of ether oxygens (including phenoxy) is 3. The van der Waals surface area contributed by atoms with E-state index in [0.29, 0.717) is 120 Å². The van der Waals surface area contributed by atoms with Gasteiger partial charge in [-0.2, -0.15) is 19.7 Å². The van der Waals surface area contributed by atoms with E-state index in [1.807, 2.05) is 12.1 Å². The molecule has 2 atom stereocenters. The Morgan fingerprint density at radius 2 is 1.37 bits per heavy atom. The molecule has 2 unspecified atom stereocenters. The van der Waals surface area contributed by atoms with E-state index in [4.69, 9.17) is 19.6 Å². The van der Waals surface area contributed by atoms with Crippen molar-refractivity contribution in [3.05, 3.63) is 137 Å². The first-order valence-corrected chi connectivity index (χ1v) is 23.6. The number of quaternary nitrogens is 1. The minimum Gasteiger partial charge on any atom is -0.493 e. The summed E-state index contributed by atoms with van der Waals surface area (Å²) < 4.78 is 48.6. The van der Waals surface area contributed by atoms with Gasteiger partial charge in [0.25, 0.3) is 17.8 Å². The smallest absolute Gasteiger partial charge is 0.330 e. The van der Waals surface area contributed by atoms with Gasteiger partial charge in [0.05, 0.1) is 67.7 Å². The topological polar surface area (TPSA) is 219 Å². The largest absolute Gasteiger partial charge is 0.493 e. The van der Waals surface area contributed by atoms with E-state index in [2.05, 4.69) is 25.0 Å². The maximum Gasteiger partial charge on any atom is 0.330 e.